The Balaban J connectivity index is 1.92. The summed E-state index contributed by atoms with van der Waals surface area (Å²) in [4.78, 5) is 11.8. The highest BCUT2D eigenvalue weighted by Gasteiger charge is 2.23. The second-order valence-electron chi connectivity index (χ2n) is 5.16. The molecule has 2 unspecified atom stereocenters. The summed E-state index contributed by atoms with van der Waals surface area (Å²) in [6.45, 7) is 2.02. The Morgan fingerprint density at radius 1 is 1.32 bits per heavy atom. The van der Waals surface area contributed by atoms with Gasteiger partial charge < -0.3 is 10.4 Å². The van der Waals surface area contributed by atoms with Crippen molar-refractivity contribution in [2.75, 3.05) is 0 Å². The van der Waals surface area contributed by atoms with E-state index in [1.807, 2.05) is 37.3 Å². The zero-order chi connectivity index (χ0) is 13.7. The normalized spacial score (nSPS) is 23.5. The first-order valence-corrected chi connectivity index (χ1v) is 6.89. The van der Waals surface area contributed by atoms with E-state index in [4.69, 9.17) is 0 Å². The van der Waals surface area contributed by atoms with Crippen LogP contribution in [0.5, 0.6) is 0 Å². The maximum Gasteiger partial charge on any atom is 0.244 e. The molecule has 0 bridgehead atoms. The summed E-state index contributed by atoms with van der Waals surface area (Å²) in [5.74, 6) is -0.130. The molecule has 0 aliphatic heterocycles. The van der Waals surface area contributed by atoms with Crippen molar-refractivity contribution in [2.24, 2.45) is 0 Å². The number of nitrogens with one attached hydrogen (secondary N) is 1. The van der Waals surface area contributed by atoms with Crippen molar-refractivity contribution in [3.63, 3.8) is 0 Å². The van der Waals surface area contributed by atoms with Crippen LogP contribution in [0.3, 0.4) is 0 Å². The third-order valence-electron chi connectivity index (χ3n) is 3.66. The molecule has 2 rings (SSSR count). The number of carbonyl (C=O) groups is 1. The van der Waals surface area contributed by atoms with Gasteiger partial charge in [0, 0.05) is 6.08 Å². The van der Waals surface area contributed by atoms with Gasteiger partial charge in [-0.15, -0.1) is 0 Å². The van der Waals surface area contributed by atoms with E-state index in [0.29, 0.717) is 0 Å². The predicted molar refractivity (Wildman–Crippen MR) is 76.6 cm³/mol. The zero-order valence-electron chi connectivity index (χ0n) is 11.3. The van der Waals surface area contributed by atoms with Crippen LogP contribution < -0.4 is 5.32 Å². The maximum absolute atomic E-state index is 11.8. The third kappa shape index (κ3) is 3.93. The topological polar surface area (TPSA) is 49.3 Å². The number of aliphatic hydroxyl groups excluding tert-OH is 1. The molecule has 0 aromatic heterocycles. The smallest absolute Gasteiger partial charge is 0.244 e. The molecule has 1 aromatic carbocycles. The lowest BCUT2D eigenvalue weighted by Gasteiger charge is -2.27. The van der Waals surface area contributed by atoms with Gasteiger partial charge in [0.25, 0.3) is 0 Å². The SMILES string of the molecule is Cc1ccccc1C=CC(=O)NC1CCCCC1O. The van der Waals surface area contributed by atoms with Gasteiger partial charge in [-0.05, 0) is 37.0 Å². The summed E-state index contributed by atoms with van der Waals surface area (Å²) in [5, 5.41) is 12.7. The number of hydrogen-bond donors (Lipinski definition) is 2. The summed E-state index contributed by atoms with van der Waals surface area (Å²) >= 11 is 0. The largest absolute Gasteiger partial charge is 0.391 e. The first-order chi connectivity index (χ1) is 9.16. The standard InChI is InChI=1S/C16H21NO2/c1-12-6-2-3-7-13(12)10-11-16(19)17-14-8-4-5-9-15(14)18/h2-3,6-7,10-11,14-15,18H,4-5,8-9H2,1H3,(H,17,19). The van der Waals surface area contributed by atoms with E-state index in [1.165, 1.54) is 0 Å². The van der Waals surface area contributed by atoms with Crippen molar-refractivity contribution in [2.45, 2.75) is 44.8 Å². The van der Waals surface area contributed by atoms with Gasteiger partial charge in [-0.2, -0.15) is 0 Å². The van der Waals surface area contributed by atoms with Crippen molar-refractivity contribution in [3.05, 3.63) is 41.5 Å². The Bertz CT molecular complexity index is 468. The van der Waals surface area contributed by atoms with E-state index < -0.39 is 6.10 Å². The van der Waals surface area contributed by atoms with Crippen LogP contribution in [0.25, 0.3) is 6.08 Å². The monoisotopic (exact) mass is 259 g/mol. The molecule has 102 valence electrons. The minimum absolute atomic E-state index is 0.0947. The highest BCUT2D eigenvalue weighted by Crippen LogP contribution is 2.18. The first kappa shape index (κ1) is 13.8. The fourth-order valence-corrected chi connectivity index (χ4v) is 2.45. The quantitative estimate of drug-likeness (QED) is 0.819. The Labute approximate surface area is 114 Å². The average molecular weight is 259 g/mol. The van der Waals surface area contributed by atoms with Crippen LogP contribution in [0.1, 0.15) is 36.8 Å². The van der Waals surface area contributed by atoms with Crippen LogP contribution in [0.4, 0.5) is 0 Å². The van der Waals surface area contributed by atoms with E-state index in [9.17, 15) is 9.90 Å². The molecule has 3 nitrogen and oxygen atoms in total. The van der Waals surface area contributed by atoms with Gasteiger partial charge in [0.2, 0.25) is 5.91 Å². The summed E-state index contributed by atoms with van der Waals surface area (Å²) in [6.07, 6.45) is 6.74. The van der Waals surface area contributed by atoms with Crippen molar-refractivity contribution < 1.29 is 9.90 Å². The van der Waals surface area contributed by atoms with E-state index >= 15 is 0 Å². The van der Waals surface area contributed by atoms with Gasteiger partial charge in [-0.3, -0.25) is 4.79 Å². The molecule has 1 aliphatic carbocycles. The summed E-state index contributed by atoms with van der Waals surface area (Å²) in [7, 11) is 0. The fourth-order valence-electron chi connectivity index (χ4n) is 2.45. The van der Waals surface area contributed by atoms with Gasteiger partial charge in [0.1, 0.15) is 0 Å². The van der Waals surface area contributed by atoms with Gasteiger partial charge in [0.15, 0.2) is 0 Å². The first-order valence-electron chi connectivity index (χ1n) is 6.89. The zero-order valence-corrected chi connectivity index (χ0v) is 11.3. The number of aliphatic hydroxyl groups is 1. The highest BCUT2D eigenvalue weighted by molar-refractivity contribution is 5.92. The van der Waals surface area contributed by atoms with E-state index in [1.54, 1.807) is 6.08 Å². The molecule has 1 amide bonds. The second kappa shape index (κ2) is 6.53. The van der Waals surface area contributed by atoms with Gasteiger partial charge in [-0.25, -0.2) is 0 Å². The number of carbonyl (C=O) groups excluding carboxylic acids is 1. The van der Waals surface area contributed by atoms with Gasteiger partial charge in [-0.1, -0.05) is 37.1 Å². The molecule has 1 aliphatic rings. The number of amides is 1. The lowest BCUT2D eigenvalue weighted by atomic mass is 9.92. The molecule has 3 heteroatoms. The third-order valence-corrected chi connectivity index (χ3v) is 3.66. The maximum atomic E-state index is 11.8. The molecule has 2 atom stereocenters. The average Bonchev–Trinajstić information content (AvgIpc) is 2.40. The van der Waals surface area contributed by atoms with Gasteiger partial charge in [0.05, 0.1) is 12.1 Å². The number of aryl methyl sites for hydroxylation is 1. The lowest BCUT2D eigenvalue weighted by Crippen LogP contribution is -2.44. The number of rotatable bonds is 3. The molecule has 0 saturated heterocycles. The van der Waals surface area contributed by atoms with Crippen LogP contribution in [-0.2, 0) is 4.79 Å². The summed E-state index contributed by atoms with van der Waals surface area (Å²) in [6, 6.07) is 7.83. The molecule has 1 fully saturated rings. The highest BCUT2D eigenvalue weighted by atomic mass is 16.3. The Morgan fingerprint density at radius 2 is 2.05 bits per heavy atom. The molecule has 2 N–H and O–H groups in total. The van der Waals surface area contributed by atoms with Crippen LogP contribution in [-0.4, -0.2) is 23.2 Å². The van der Waals surface area contributed by atoms with Crippen molar-refractivity contribution in [1.29, 1.82) is 0 Å². The van der Waals surface area contributed by atoms with Crippen LogP contribution in [0, 0.1) is 6.92 Å². The minimum Gasteiger partial charge on any atom is -0.391 e. The molecule has 19 heavy (non-hydrogen) atoms. The molecular formula is C16H21NO2. The number of benzene rings is 1. The van der Waals surface area contributed by atoms with Crippen LogP contribution in [0.2, 0.25) is 0 Å². The fraction of sp³-hybridized carbons (Fsp3) is 0.438. The van der Waals surface area contributed by atoms with Crippen molar-refractivity contribution in [1.82, 2.24) is 5.32 Å². The van der Waals surface area contributed by atoms with Crippen molar-refractivity contribution in [3.8, 4) is 0 Å². The number of hydrogen-bond acceptors (Lipinski definition) is 2. The summed E-state index contributed by atoms with van der Waals surface area (Å²) in [5.41, 5.74) is 2.19. The molecule has 0 radical (unpaired) electrons. The van der Waals surface area contributed by atoms with E-state index in [2.05, 4.69) is 5.32 Å². The van der Waals surface area contributed by atoms with Crippen molar-refractivity contribution >= 4 is 12.0 Å². The Hall–Kier alpha value is -1.61. The Kier molecular flexibility index (Phi) is 4.74. The van der Waals surface area contributed by atoms with Crippen LogP contribution >= 0.6 is 0 Å². The van der Waals surface area contributed by atoms with Gasteiger partial charge >= 0.3 is 0 Å². The Morgan fingerprint density at radius 3 is 2.79 bits per heavy atom. The molecule has 0 spiro atoms. The molecular weight excluding hydrogens is 238 g/mol. The molecule has 1 saturated carbocycles. The summed E-state index contributed by atoms with van der Waals surface area (Å²) < 4.78 is 0. The van der Waals surface area contributed by atoms with Crippen LogP contribution in [0.15, 0.2) is 30.3 Å². The molecule has 0 heterocycles. The lowest BCUT2D eigenvalue weighted by molar-refractivity contribution is -0.118. The minimum atomic E-state index is -0.399. The molecule has 1 aromatic rings. The van der Waals surface area contributed by atoms with E-state index in [0.717, 1.165) is 36.8 Å². The predicted octanol–water partition coefficient (Wildman–Crippen LogP) is 2.43. The van der Waals surface area contributed by atoms with E-state index in [-0.39, 0.29) is 11.9 Å². The second-order valence-corrected chi connectivity index (χ2v) is 5.16.